The molecule has 0 radical (unpaired) electrons. The summed E-state index contributed by atoms with van der Waals surface area (Å²) in [5.41, 5.74) is -0.836. The monoisotopic (exact) mass is 168 g/mol. The SMILES string of the molecule is C=C(C(C)=O)C(O)C(F)(F)F. The quantitative estimate of drug-likeness (QED) is 0.626. The molecule has 0 aromatic heterocycles. The molecule has 0 saturated heterocycles. The highest BCUT2D eigenvalue weighted by Gasteiger charge is 2.41. The Balaban J connectivity index is 4.38. The average molecular weight is 168 g/mol. The Bertz CT molecular complexity index is 183. The lowest BCUT2D eigenvalue weighted by molar-refractivity contribution is -0.192. The van der Waals surface area contributed by atoms with E-state index in [4.69, 9.17) is 5.11 Å². The van der Waals surface area contributed by atoms with Gasteiger partial charge in [-0.3, -0.25) is 4.79 Å². The summed E-state index contributed by atoms with van der Waals surface area (Å²) in [6.45, 7) is 3.72. The third-order valence-electron chi connectivity index (χ3n) is 1.09. The van der Waals surface area contributed by atoms with Crippen LogP contribution in [-0.2, 0) is 4.79 Å². The molecule has 11 heavy (non-hydrogen) atoms. The molecule has 1 atom stereocenters. The summed E-state index contributed by atoms with van der Waals surface area (Å²) in [7, 11) is 0. The summed E-state index contributed by atoms with van der Waals surface area (Å²) in [5, 5.41) is 8.38. The van der Waals surface area contributed by atoms with Gasteiger partial charge in [-0.25, -0.2) is 0 Å². The van der Waals surface area contributed by atoms with E-state index in [0.717, 1.165) is 6.92 Å². The Morgan fingerprint density at radius 1 is 1.55 bits per heavy atom. The molecule has 0 heterocycles. The van der Waals surface area contributed by atoms with Gasteiger partial charge in [-0.2, -0.15) is 13.2 Å². The number of aliphatic hydroxyl groups is 1. The first-order valence-electron chi connectivity index (χ1n) is 2.71. The number of aliphatic hydroxyl groups excluding tert-OH is 1. The Kier molecular flexibility index (Phi) is 2.81. The van der Waals surface area contributed by atoms with Crippen LogP contribution in [0.15, 0.2) is 12.2 Å². The van der Waals surface area contributed by atoms with Crippen molar-refractivity contribution in [2.75, 3.05) is 0 Å². The highest BCUT2D eigenvalue weighted by Crippen LogP contribution is 2.24. The van der Waals surface area contributed by atoms with E-state index in [1.165, 1.54) is 0 Å². The van der Waals surface area contributed by atoms with Gasteiger partial charge in [0.2, 0.25) is 0 Å². The summed E-state index contributed by atoms with van der Waals surface area (Å²) in [5.74, 6) is -0.866. The van der Waals surface area contributed by atoms with E-state index in [1.807, 2.05) is 0 Å². The van der Waals surface area contributed by atoms with Gasteiger partial charge in [-0.1, -0.05) is 6.58 Å². The topological polar surface area (TPSA) is 37.3 Å². The third kappa shape index (κ3) is 2.71. The molecule has 1 N–H and O–H groups in total. The number of carbonyl (C=O) groups excluding carboxylic acids is 1. The molecule has 0 aliphatic carbocycles. The van der Waals surface area contributed by atoms with Gasteiger partial charge < -0.3 is 5.11 Å². The predicted octanol–water partition coefficient (Wildman–Crippen LogP) is 1.05. The highest BCUT2D eigenvalue weighted by molar-refractivity contribution is 5.93. The van der Waals surface area contributed by atoms with Crippen molar-refractivity contribution in [3.63, 3.8) is 0 Å². The van der Waals surface area contributed by atoms with E-state index in [2.05, 4.69) is 6.58 Å². The fraction of sp³-hybridized carbons (Fsp3) is 0.500. The maximum Gasteiger partial charge on any atom is 0.418 e. The molecule has 1 unspecified atom stereocenters. The second-order valence-electron chi connectivity index (χ2n) is 2.03. The normalized spacial score (nSPS) is 14.3. The van der Waals surface area contributed by atoms with Gasteiger partial charge in [0.05, 0.1) is 0 Å². The Morgan fingerprint density at radius 2 is 1.91 bits per heavy atom. The van der Waals surface area contributed by atoms with Crippen molar-refractivity contribution < 1.29 is 23.1 Å². The summed E-state index contributed by atoms with van der Waals surface area (Å²) in [4.78, 5) is 10.3. The molecule has 0 fully saturated rings. The standard InChI is InChI=1S/C6H7F3O2/c1-3(4(2)10)5(11)6(7,8)9/h5,11H,1H2,2H3. The van der Waals surface area contributed by atoms with Crippen molar-refractivity contribution in [3.8, 4) is 0 Å². The minimum absolute atomic E-state index is 0.836. The lowest BCUT2D eigenvalue weighted by Crippen LogP contribution is -2.32. The highest BCUT2D eigenvalue weighted by atomic mass is 19.4. The second kappa shape index (κ2) is 3.04. The van der Waals surface area contributed by atoms with Crippen molar-refractivity contribution >= 4 is 5.78 Å². The number of carbonyl (C=O) groups is 1. The number of hydrogen-bond donors (Lipinski definition) is 1. The Morgan fingerprint density at radius 3 is 2.00 bits per heavy atom. The van der Waals surface area contributed by atoms with Crippen molar-refractivity contribution in [1.29, 1.82) is 0 Å². The molecule has 0 aromatic carbocycles. The minimum Gasteiger partial charge on any atom is -0.379 e. The fourth-order valence-corrected chi connectivity index (χ4v) is 0.390. The Labute approximate surface area is 61.3 Å². The number of rotatable bonds is 2. The number of hydrogen-bond acceptors (Lipinski definition) is 2. The summed E-state index contributed by atoms with van der Waals surface area (Å²) in [6, 6.07) is 0. The van der Waals surface area contributed by atoms with Crippen LogP contribution in [0, 0.1) is 0 Å². The molecule has 0 aliphatic rings. The molecular weight excluding hydrogens is 161 g/mol. The molecular formula is C6H7F3O2. The van der Waals surface area contributed by atoms with Crippen molar-refractivity contribution in [2.45, 2.75) is 19.2 Å². The lowest BCUT2D eigenvalue weighted by atomic mass is 10.1. The van der Waals surface area contributed by atoms with Gasteiger partial charge in [0, 0.05) is 5.57 Å². The minimum atomic E-state index is -4.80. The maximum absolute atomic E-state index is 11.6. The van der Waals surface area contributed by atoms with Crippen LogP contribution in [-0.4, -0.2) is 23.2 Å². The van der Waals surface area contributed by atoms with Crippen molar-refractivity contribution in [2.24, 2.45) is 0 Å². The zero-order valence-corrected chi connectivity index (χ0v) is 5.77. The van der Waals surface area contributed by atoms with E-state index in [0.29, 0.717) is 0 Å². The van der Waals surface area contributed by atoms with E-state index in [9.17, 15) is 18.0 Å². The lowest BCUT2D eigenvalue weighted by Gasteiger charge is -2.14. The van der Waals surface area contributed by atoms with Gasteiger partial charge >= 0.3 is 6.18 Å². The van der Waals surface area contributed by atoms with Crippen molar-refractivity contribution in [1.82, 2.24) is 0 Å². The number of halogens is 3. The molecule has 0 bridgehead atoms. The second-order valence-corrected chi connectivity index (χ2v) is 2.03. The van der Waals surface area contributed by atoms with E-state index < -0.39 is 23.6 Å². The van der Waals surface area contributed by atoms with Crippen LogP contribution in [0.4, 0.5) is 13.2 Å². The molecule has 0 rings (SSSR count). The fourth-order valence-electron chi connectivity index (χ4n) is 0.390. The number of alkyl halides is 3. The molecule has 0 amide bonds. The summed E-state index contributed by atoms with van der Waals surface area (Å²) in [6.07, 6.45) is -7.54. The van der Waals surface area contributed by atoms with E-state index in [1.54, 1.807) is 0 Å². The van der Waals surface area contributed by atoms with E-state index in [-0.39, 0.29) is 0 Å². The first-order valence-corrected chi connectivity index (χ1v) is 2.71. The summed E-state index contributed by atoms with van der Waals surface area (Å²) >= 11 is 0. The van der Waals surface area contributed by atoms with Gasteiger partial charge in [-0.05, 0) is 6.92 Å². The van der Waals surface area contributed by atoms with Gasteiger partial charge in [-0.15, -0.1) is 0 Å². The first-order chi connectivity index (χ1) is 4.76. The molecule has 0 saturated carbocycles. The van der Waals surface area contributed by atoms with Crippen LogP contribution in [0.5, 0.6) is 0 Å². The van der Waals surface area contributed by atoms with Gasteiger partial charge in [0.25, 0.3) is 0 Å². The van der Waals surface area contributed by atoms with Crippen LogP contribution < -0.4 is 0 Å². The van der Waals surface area contributed by atoms with Gasteiger partial charge in [0.1, 0.15) is 0 Å². The number of Topliss-reactive ketones (excluding diaryl/α,β-unsaturated/α-hetero) is 1. The predicted molar refractivity (Wildman–Crippen MR) is 31.9 cm³/mol. The zero-order valence-electron chi connectivity index (χ0n) is 5.77. The molecule has 2 nitrogen and oxygen atoms in total. The van der Waals surface area contributed by atoms with Crippen LogP contribution in [0.3, 0.4) is 0 Å². The number of ketones is 1. The summed E-state index contributed by atoms with van der Waals surface area (Å²) < 4.78 is 34.8. The Hall–Kier alpha value is -0.840. The van der Waals surface area contributed by atoms with Gasteiger partial charge in [0.15, 0.2) is 11.9 Å². The van der Waals surface area contributed by atoms with Crippen LogP contribution in [0.25, 0.3) is 0 Å². The third-order valence-corrected chi connectivity index (χ3v) is 1.09. The van der Waals surface area contributed by atoms with E-state index >= 15 is 0 Å². The van der Waals surface area contributed by atoms with Crippen LogP contribution in [0.2, 0.25) is 0 Å². The molecule has 0 spiro atoms. The molecule has 5 heteroatoms. The van der Waals surface area contributed by atoms with Crippen LogP contribution >= 0.6 is 0 Å². The smallest absolute Gasteiger partial charge is 0.379 e. The van der Waals surface area contributed by atoms with Crippen LogP contribution in [0.1, 0.15) is 6.92 Å². The maximum atomic E-state index is 11.6. The first kappa shape index (κ1) is 10.2. The molecule has 0 aliphatic heterocycles. The molecule has 0 aromatic rings. The zero-order chi connectivity index (χ0) is 9.23. The molecule has 64 valence electrons. The average Bonchev–Trinajstić information content (AvgIpc) is 1.82. The largest absolute Gasteiger partial charge is 0.418 e. The van der Waals surface area contributed by atoms with Crippen molar-refractivity contribution in [3.05, 3.63) is 12.2 Å².